The first-order valence-corrected chi connectivity index (χ1v) is 7.55. The van der Waals surface area contributed by atoms with E-state index in [2.05, 4.69) is 45.0 Å². The number of benzene rings is 1. The second-order valence-electron chi connectivity index (χ2n) is 3.72. The first-order chi connectivity index (χ1) is 8.22. The lowest BCUT2D eigenvalue weighted by molar-refractivity contribution is 0.728. The number of hydrogen-bond acceptors (Lipinski definition) is 2. The van der Waals surface area contributed by atoms with Crippen LogP contribution >= 0.6 is 38.9 Å². The minimum Gasteiger partial charge on any atom is -0.313 e. The van der Waals surface area contributed by atoms with E-state index in [0.717, 1.165) is 22.6 Å². The van der Waals surface area contributed by atoms with Crippen molar-refractivity contribution >= 4 is 38.9 Å². The van der Waals surface area contributed by atoms with Crippen molar-refractivity contribution in [1.29, 1.82) is 0 Å². The molecule has 1 aromatic carbocycles. The fraction of sp³-hybridized carbons (Fsp3) is 0.231. The van der Waals surface area contributed by atoms with Gasteiger partial charge < -0.3 is 5.32 Å². The van der Waals surface area contributed by atoms with Crippen LogP contribution in [-0.4, -0.2) is 6.54 Å². The van der Waals surface area contributed by atoms with Gasteiger partial charge in [0.25, 0.3) is 0 Å². The summed E-state index contributed by atoms with van der Waals surface area (Å²) in [6, 6.07) is 6.06. The fourth-order valence-corrected chi connectivity index (χ4v) is 3.37. The summed E-state index contributed by atoms with van der Waals surface area (Å²) in [6.07, 6.45) is 0. The molecular formula is C13H13BrClNS. The zero-order chi connectivity index (χ0) is 12.3. The summed E-state index contributed by atoms with van der Waals surface area (Å²) in [5, 5.41) is 8.36. The Morgan fingerprint density at radius 3 is 2.76 bits per heavy atom. The molecule has 0 aliphatic rings. The van der Waals surface area contributed by atoms with Gasteiger partial charge in [-0.3, -0.25) is 0 Å². The van der Waals surface area contributed by atoms with Crippen molar-refractivity contribution in [2.45, 2.75) is 13.5 Å². The van der Waals surface area contributed by atoms with E-state index in [1.54, 1.807) is 11.3 Å². The third kappa shape index (κ3) is 3.10. The fourth-order valence-electron chi connectivity index (χ4n) is 1.69. The van der Waals surface area contributed by atoms with Crippen LogP contribution in [0.2, 0.25) is 5.02 Å². The Balaban J connectivity index is 2.43. The molecule has 0 aliphatic heterocycles. The average molecular weight is 331 g/mol. The molecule has 0 unspecified atom stereocenters. The number of rotatable bonds is 4. The predicted octanol–water partition coefficient (Wildman–Crippen LogP) is 4.94. The monoisotopic (exact) mass is 329 g/mol. The number of thiophene rings is 1. The van der Waals surface area contributed by atoms with Crippen LogP contribution in [-0.2, 0) is 6.54 Å². The van der Waals surface area contributed by atoms with Crippen LogP contribution < -0.4 is 5.32 Å². The van der Waals surface area contributed by atoms with Crippen LogP contribution in [0.3, 0.4) is 0 Å². The van der Waals surface area contributed by atoms with Crippen molar-refractivity contribution in [2.75, 3.05) is 6.54 Å². The van der Waals surface area contributed by atoms with Gasteiger partial charge in [0.2, 0.25) is 0 Å². The maximum atomic E-state index is 6.09. The Morgan fingerprint density at radius 1 is 1.29 bits per heavy atom. The smallest absolute Gasteiger partial charge is 0.0412 e. The molecule has 1 aromatic heterocycles. The highest BCUT2D eigenvalue weighted by molar-refractivity contribution is 9.10. The van der Waals surface area contributed by atoms with Crippen LogP contribution in [0.15, 0.2) is 33.4 Å². The summed E-state index contributed by atoms with van der Waals surface area (Å²) in [4.78, 5) is 0. The Bertz CT molecular complexity index is 510. The van der Waals surface area contributed by atoms with Gasteiger partial charge in [-0.15, -0.1) is 0 Å². The topological polar surface area (TPSA) is 12.0 Å². The molecule has 4 heteroatoms. The van der Waals surface area contributed by atoms with Crippen LogP contribution in [0.4, 0.5) is 0 Å². The maximum absolute atomic E-state index is 6.09. The Morgan fingerprint density at radius 2 is 2.12 bits per heavy atom. The molecule has 1 heterocycles. The standard InChI is InChI=1S/C13H13BrClNS/c1-2-16-6-9-3-4-10(15)5-11(9)12-7-17-8-13(12)14/h3-5,7-8,16H,2,6H2,1H3. The van der Waals surface area contributed by atoms with Gasteiger partial charge in [0.05, 0.1) is 0 Å². The third-order valence-corrected chi connectivity index (χ3v) is 4.48. The Kier molecular flexibility index (Phi) is 4.62. The van der Waals surface area contributed by atoms with Gasteiger partial charge in [0.15, 0.2) is 0 Å². The van der Waals surface area contributed by atoms with E-state index in [0.29, 0.717) is 0 Å². The highest BCUT2D eigenvalue weighted by Crippen LogP contribution is 2.35. The largest absolute Gasteiger partial charge is 0.313 e. The zero-order valence-electron chi connectivity index (χ0n) is 9.47. The number of hydrogen-bond donors (Lipinski definition) is 1. The average Bonchev–Trinajstić information content (AvgIpc) is 2.74. The SMILES string of the molecule is CCNCc1ccc(Cl)cc1-c1cscc1Br. The van der Waals surface area contributed by atoms with E-state index < -0.39 is 0 Å². The second kappa shape index (κ2) is 6.01. The van der Waals surface area contributed by atoms with Crippen molar-refractivity contribution in [1.82, 2.24) is 5.32 Å². The molecule has 90 valence electrons. The first-order valence-electron chi connectivity index (χ1n) is 5.43. The highest BCUT2D eigenvalue weighted by Gasteiger charge is 2.09. The quantitative estimate of drug-likeness (QED) is 0.837. The Labute approximate surface area is 119 Å². The molecule has 1 nitrogen and oxygen atoms in total. The lowest BCUT2D eigenvalue weighted by atomic mass is 10.0. The summed E-state index contributed by atoms with van der Waals surface area (Å²) >= 11 is 11.4. The molecule has 1 N–H and O–H groups in total. The van der Waals surface area contributed by atoms with E-state index in [4.69, 9.17) is 11.6 Å². The molecular weight excluding hydrogens is 318 g/mol. The first kappa shape index (κ1) is 13.1. The highest BCUT2D eigenvalue weighted by atomic mass is 79.9. The predicted molar refractivity (Wildman–Crippen MR) is 79.8 cm³/mol. The van der Waals surface area contributed by atoms with Gasteiger partial charge in [0.1, 0.15) is 0 Å². The van der Waals surface area contributed by atoms with E-state index in [1.807, 2.05) is 12.1 Å². The molecule has 0 radical (unpaired) electrons. The summed E-state index contributed by atoms with van der Waals surface area (Å²) in [5.74, 6) is 0. The molecule has 0 fully saturated rings. The van der Waals surface area contributed by atoms with Gasteiger partial charge >= 0.3 is 0 Å². The van der Waals surface area contributed by atoms with E-state index in [9.17, 15) is 0 Å². The van der Waals surface area contributed by atoms with Crippen LogP contribution in [0.5, 0.6) is 0 Å². The third-order valence-electron chi connectivity index (χ3n) is 2.54. The van der Waals surface area contributed by atoms with Crippen molar-refractivity contribution in [3.63, 3.8) is 0 Å². The number of nitrogens with one attached hydrogen (secondary N) is 1. The molecule has 0 saturated carbocycles. The van der Waals surface area contributed by atoms with Gasteiger partial charge in [-0.05, 0) is 51.1 Å². The van der Waals surface area contributed by atoms with Crippen molar-refractivity contribution in [3.8, 4) is 11.1 Å². The molecule has 0 aliphatic carbocycles. The van der Waals surface area contributed by atoms with E-state index >= 15 is 0 Å². The van der Waals surface area contributed by atoms with Crippen LogP contribution in [0, 0.1) is 0 Å². The van der Waals surface area contributed by atoms with E-state index in [1.165, 1.54) is 16.7 Å². The molecule has 0 bridgehead atoms. The minimum absolute atomic E-state index is 0.776. The molecule has 0 spiro atoms. The Hall–Kier alpha value is -0.350. The molecule has 0 amide bonds. The van der Waals surface area contributed by atoms with E-state index in [-0.39, 0.29) is 0 Å². The lowest BCUT2D eigenvalue weighted by Crippen LogP contribution is -2.12. The molecule has 2 rings (SSSR count). The zero-order valence-corrected chi connectivity index (χ0v) is 12.6. The van der Waals surface area contributed by atoms with Crippen LogP contribution in [0.1, 0.15) is 12.5 Å². The van der Waals surface area contributed by atoms with Crippen molar-refractivity contribution in [2.24, 2.45) is 0 Å². The molecule has 0 atom stereocenters. The van der Waals surface area contributed by atoms with Gasteiger partial charge in [0, 0.05) is 27.0 Å². The van der Waals surface area contributed by atoms with Crippen molar-refractivity contribution < 1.29 is 0 Å². The second-order valence-corrected chi connectivity index (χ2v) is 5.75. The van der Waals surface area contributed by atoms with Gasteiger partial charge in [-0.2, -0.15) is 11.3 Å². The summed E-state index contributed by atoms with van der Waals surface area (Å²) in [6.45, 7) is 3.94. The molecule has 2 aromatic rings. The summed E-state index contributed by atoms with van der Waals surface area (Å²) < 4.78 is 1.13. The number of halogens is 2. The normalized spacial score (nSPS) is 10.8. The molecule has 17 heavy (non-hydrogen) atoms. The molecule has 0 saturated heterocycles. The van der Waals surface area contributed by atoms with Gasteiger partial charge in [-0.1, -0.05) is 24.6 Å². The van der Waals surface area contributed by atoms with Gasteiger partial charge in [-0.25, -0.2) is 0 Å². The van der Waals surface area contributed by atoms with Crippen LogP contribution in [0.25, 0.3) is 11.1 Å². The summed E-state index contributed by atoms with van der Waals surface area (Å²) in [5.41, 5.74) is 3.69. The minimum atomic E-state index is 0.776. The lowest BCUT2D eigenvalue weighted by Gasteiger charge is -2.10. The summed E-state index contributed by atoms with van der Waals surface area (Å²) in [7, 11) is 0. The van der Waals surface area contributed by atoms with Crippen molar-refractivity contribution in [3.05, 3.63) is 44.0 Å². The maximum Gasteiger partial charge on any atom is 0.0412 e.